The maximum Gasteiger partial charge on any atom is 0.305 e. The third-order valence-corrected chi connectivity index (χ3v) is 3.39. The van der Waals surface area contributed by atoms with E-state index < -0.39 is 0 Å². The summed E-state index contributed by atoms with van der Waals surface area (Å²) in [5.41, 5.74) is 0. The summed E-state index contributed by atoms with van der Waals surface area (Å²) in [5.74, 6) is -0.178. The van der Waals surface area contributed by atoms with E-state index in [0.29, 0.717) is 32.0 Å². The zero-order valence-corrected chi connectivity index (χ0v) is 11.4. The van der Waals surface area contributed by atoms with E-state index in [-0.39, 0.29) is 11.9 Å². The monoisotopic (exact) mass is 256 g/mol. The van der Waals surface area contributed by atoms with Crippen LogP contribution in [0.25, 0.3) is 0 Å². The van der Waals surface area contributed by atoms with Crippen LogP contribution in [-0.4, -0.2) is 49.6 Å². The predicted octanol–water partition coefficient (Wildman–Crippen LogP) is 0.930. The Kier molecular flexibility index (Phi) is 6.72. The van der Waals surface area contributed by atoms with Crippen LogP contribution in [-0.2, 0) is 14.3 Å². The average molecular weight is 256 g/mol. The molecular weight excluding hydrogens is 232 g/mol. The maximum atomic E-state index is 11.7. The standard InChI is InChI=1S/C13H24N2O3/c1-11-6-3-4-9-15(11)10-12(16)14-8-5-7-13(17)18-2/h11H,3-10H2,1-2H3,(H,14,16)/t11-/m0/s1. The van der Waals surface area contributed by atoms with Gasteiger partial charge in [0.2, 0.25) is 5.91 Å². The van der Waals surface area contributed by atoms with Crippen molar-refractivity contribution in [1.29, 1.82) is 0 Å². The number of nitrogens with zero attached hydrogens (tertiary/aromatic N) is 1. The number of nitrogens with one attached hydrogen (secondary N) is 1. The minimum atomic E-state index is -0.228. The minimum Gasteiger partial charge on any atom is -0.469 e. The van der Waals surface area contributed by atoms with Crippen LogP contribution in [0, 0.1) is 0 Å². The summed E-state index contributed by atoms with van der Waals surface area (Å²) in [6.45, 7) is 4.19. The van der Waals surface area contributed by atoms with Gasteiger partial charge in [-0.05, 0) is 32.7 Å². The van der Waals surface area contributed by atoms with Crippen LogP contribution >= 0.6 is 0 Å². The first-order valence-corrected chi connectivity index (χ1v) is 6.71. The fourth-order valence-corrected chi connectivity index (χ4v) is 2.20. The molecule has 0 bridgehead atoms. The maximum absolute atomic E-state index is 11.7. The largest absolute Gasteiger partial charge is 0.469 e. The van der Waals surface area contributed by atoms with Crippen molar-refractivity contribution in [2.24, 2.45) is 0 Å². The molecule has 1 rings (SSSR count). The van der Waals surface area contributed by atoms with Crippen LogP contribution in [0.3, 0.4) is 0 Å². The Morgan fingerprint density at radius 2 is 2.17 bits per heavy atom. The van der Waals surface area contributed by atoms with Gasteiger partial charge in [0.25, 0.3) is 0 Å². The molecule has 0 unspecified atom stereocenters. The van der Waals surface area contributed by atoms with Gasteiger partial charge in [0.05, 0.1) is 13.7 Å². The van der Waals surface area contributed by atoms with E-state index in [1.807, 2.05) is 0 Å². The molecule has 1 heterocycles. The Morgan fingerprint density at radius 3 is 2.83 bits per heavy atom. The van der Waals surface area contributed by atoms with Gasteiger partial charge in [0.1, 0.15) is 0 Å². The summed E-state index contributed by atoms with van der Waals surface area (Å²) < 4.78 is 4.53. The number of hydrogen-bond donors (Lipinski definition) is 1. The zero-order valence-electron chi connectivity index (χ0n) is 11.4. The molecular formula is C13H24N2O3. The molecule has 1 amide bonds. The summed E-state index contributed by atoms with van der Waals surface area (Å²) in [4.78, 5) is 24.8. The number of likely N-dealkylation sites (tertiary alicyclic amines) is 1. The van der Waals surface area contributed by atoms with Crippen LogP contribution in [0.4, 0.5) is 0 Å². The number of carbonyl (C=O) groups excluding carboxylic acids is 2. The van der Waals surface area contributed by atoms with E-state index in [0.717, 1.165) is 6.54 Å². The second kappa shape index (κ2) is 8.08. The van der Waals surface area contributed by atoms with Gasteiger partial charge in [0.15, 0.2) is 0 Å². The van der Waals surface area contributed by atoms with E-state index in [9.17, 15) is 9.59 Å². The van der Waals surface area contributed by atoms with Gasteiger partial charge in [-0.3, -0.25) is 14.5 Å². The summed E-state index contributed by atoms with van der Waals surface area (Å²) in [7, 11) is 1.37. The van der Waals surface area contributed by atoms with E-state index in [4.69, 9.17) is 0 Å². The Labute approximate surface area is 109 Å². The van der Waals surface area contributed by atoms with Gasteiger partial charge < -0.3 is 10.1 Å². The Bertz CT molecular complexity index is 281. The van der Waals surface area contributed by atoms with E-state index >= 15 is 0 Å². The fraction of sp³-hybridized carbons (Fsp3) is 0.846. The average Bonchev–Trinajstić information content (AvgIpc) is 2.37. The van der Waals surface area contributed by atoms with Gasteiger partial charge in [-0.15, -0.1) is 0 Å². The lowest BCUT2D eigenvalue weighted by atomic mass is 10.0. The smallest absolute Gasteiger partial charge is 0.305 e. The molecule has 0 aromatic rings. The SMILES string of the molecule is COC(=O)CCCNC(=O)CN1CCCC[C@@H]1C. The molecule has 5 heteroatoms. The topological polar surface area (TPSA) is 58.6 Å². The number of esters is 1. The molecule has 104 valence electrons. The molecule has 1 fully saturated rings. The molecule has 0 radical (unpaired) electrons. The van der Waals surface area contributed by atoms with Crippen LogP contribution in [0.5, 0.6) is 0 Å². The number of ether oxygens (including phenoxy) is 1. The van der Waals surface area contributed by atoms with Crippen molar-refractivity contribution in [3.05, 3.63) is 0 Å². The van der Waals surface area contributed by atoms with Crippen molar-refractivity contribution >= 4 is 11.9 Å². The number of carbonyl (C=O) groups is 2. The summed E-state index contributed by atoms with van der Waals surface area (Å²) in [6, 6.07) is 0.500. The molecule has 1 saturated heterocycles. The molecule has 5 nitrogen and oxygen atoms in total. The highest BCUT2D eigenvalue weighted by Crippen LogP contribution is 2.15. The molecule has 0 aromatic carbocycles. The van der Waals surface area contributed by atoms with Crippen LogP contribution in [0.2, 0.25) is 0 Å². The Morgan fingerprint density at radius 1 is 1.39 bits per heavy atom. The molecule has 1 aliphatic heterocycles. The highest BCUT2D eigenvalue weighted by Gasteiger charge is 2.20. The van der Waals surface area contributed by atoms with Gasteiger partial charge in [-0.1, -0.05) is 6.42 Å². The van der Waals surface area contributed by atoms with E-state index in [1.54, 1.807) is 0 Å². The van der Waals surface area contributed by atoms with Gasteiger partial charge in [-0.25, -0.2) is 0 Å². The third-order valence-electron chi connectivity index (χ3n) is 3.39. The fourth-order valence-electron chi connectivity index (χ4n) is 2.20. The van der Waals surface area contributed by atoms with E-state index in [2.05, 4.69) is 21.9 Å². The molecule has 0 aromatic heterocycles. The van der Waals surface area contributed by atoms with Crippen molar-refractivity contribution in [2.75, 3.05) is 26.7 Å². The lowest BCUT2D eigenvalue weighted by Gasteiger charge is -2.32. The molecule has 1 aliphatic rings. The number of amides is 1. The molecule has 0 aliphatic carbocycles. The first-order chi connectivity index (χ1) is 8.63. The Balaban J connectivity index is 2.11. The molecule has 1 N–H and O–H groups in total. The number of piperidine rings is 1. The molecule has 18 heavy (non-hydrogen) atoms. The van der Waals surface area contributed by atoms with Crippen molar-refractivity contribution < 1.29 is 14.3 Å². The number of hydrogen-bond acceptors (Lipinski definition) is 4. The lowest BCUT2D eigenvalue weighted by molar-refractivity contribution is -0.140. The highest BCUT2D eigenvalue weighted by molar-refractivity contribution is 5.78. The Hall–Kier alpha value is -1.10. The van der Waals surface area contributed by atoms with Crippen LogP contribution in [0.1, 0.15) is 39.0 Å². The van der Waals surface area contributed by atoms with Crippen molar-refractivity contribution in [2.45, 2.75) is 45.1 Å². The zero-order chi connectivity index (χ0) is 13.4. The first kappa shape index (κ1) is 15.0. The van der Waals surface area contributed by atoms with Crippen molar-refractivity contribution in [1.82, 2.24) is 10.2 Å². The van der Waals surface area contributed by atoms with Gasteiger partial charge in [-0.2, -0.15) is 0 Å². The summed E-state index contributed by atoms with van der Waals surface area (Å²) in [6.07, 6.45) is 4.61. The predicted molar refractivity (Wildman–Crippen MR) is 69.1 cm³/mol. The van der Waals surface area contributed by atoms with Gasteiger partial charge in [0, 0.05) is 19.0 Å². The normalized spacial score (nSPS) is 20.4. The lowest BCUT2D eigenvalue weighted by Crippen LogP contribution is -2.44. The second-order valence-electron chi connectivity index (χ2n) is 4.84. The highest BCUT2D eigenvalue weighted by atomic mass is 16.5. The quantitative estimate of drug-likeness (QED) is 0.567. The molecule has 0 spiro atoms. The number of rotatable bonds is 6. The first-order valence-electron chi connectivity index (χ1n) is 6.71. The van der Waals surface area contributed by atoms with Crippen molar-refractivity contribution in [3.63, 3.8) is 0 Å². The van der Waals surface area contributed by atoms with Crippen molar-refractivity contribution in [3.8, 4) is 0 Å². The van der Waals surface area contributed by atoms with Gasteiger partial charge >= 0.3 is 5.97 Å². The second-order valence-corrected chi connectivity index (χ2v) is 4.84. The molecule has 1 atom stereocenters. The van der Waals surface area contributed by atoms with E-state index in [1.165, 1.54) is 26.4 Å². The third kappa shape index (κ3) is 5.49. The summed E-state index contributed by atoms with van der Waals surface area (Å²) in [5, 5.41) is 2.84. The molecule has 0 saturated carbocycles. The summed E-state index contributed by atoms with van der Waals surface area (Å²) >= 11 is 0. The number of methoxy groups -OCH3 is 1. The van der Waals surface area contributed by atoms with Crippen LogP contribution < -0.4 is 5.32 Å². The minimum absolute atomic E-state index is 0.0496. The van der Waals surface area contributed by atoms with Crippen LogP contribution in [0.15, 0.2) is 0 Å².